The zero-order valence-electron chi connectivity index (χ0n) is 13.0. The van der Waals surface area contributed by atoms with Gasteiger partial charge < -0.3 is 13.9 Å². The SMILES string of the molecule is C=CC(N1CCOCC1)S(=O)(=O)c1cn(C)c(C)n1.NS(=O)[O-]. The van der Waals surface area contributed by atoms with Crippen LogP contribution in [0.1, 0.15) is 5.82 Å². The van der Waals surface area contributed by atoms with Gasteiger partial charge in [-0.25, -0.2) is 13.4 Å². The molecule has 2 heterocycles. The minimum Gasteiger partial charge on any atom is -0.760 e. The van der Waals surface area contributed by atoms with E-state index < -0.39 is 26.5 Å². The summed E-state index contributed by atoms with van der Waals surface area (Å²) in [5.74, 6) is 0.670. The highest BCUT2D eigenvalue weighted by Crippen LogP contribution is 2.20. The Bertz CT molecular complexity index is 629. The van der Waals surface area contributed by atoms with Gasteiger partial charge in [0, 0.05) is 37.6 Å². The summed E-state index contributed by atoms with van der Waals surface area (Å²) in [4.78, 5) is 5.97. The van der Waals surface area contributed by atoms with Gasteiger partial charge in [0.05, 0.1) is 13.2 Å². The lowest BCUT2D eigenvalue weighted by atomic mass is 10.4. The number of ether oxygens (including phenoxy) is 1. The predicted molar refractivity (Wildman–Crippen MR) is 84.6 cm³/mol. The fourth-order valence-corrected chi connectivity index (χ4v) is 3.76. The van der Waals surface area contributed by atoms with E-state index in [1.807, 2.05) is 4.90 Å². The average Bonchev–Trinajstić information content (AvgIpc) is 2.80. The highest BCUT2D eigenvalue weighted by Gasteiger charge is 2.33. The van der Waals surface area contributed by atoms with Crippen LogP contribution in [-0.4, -0.2) is 63.3 Å². The lowest BCUT2D eigenvalue weighted by Crippen LogP contribution is -2.46. The summed E-state index contributed by atoms with van der Waals surface area (Å²) in [5.41, 5.74) is 0. The summed E-state index contributed by atoms with van der Waals surface area (Å²) in [6.45, 7) is 7.69. The summed E-state index contributed by atoms with van der Waals surface area (Å²) in [6, 6.07) is 0. The van der Waals surface area contributed by atoms with E-state index in [4.69, 9.17) is 13.5 Å². The number of morpholine rings is 1. The molecule has 0 amide bonds. The molecule has 2 rings (SSSR count). The van der Waals surface area contributed by atoms with Gasteiger partial charge in [0.25, 0.3) is 0 Å². The van der Waals surface area contributed by atoms with Crippen LogP contribution in [0.4, 0.5) is 0 Å². The van der Waals surface area contributed by atoms with Crippen LogP contribution in [0.2, 0.25) is 0 Å². The Morgan fingerprint density at radius 1 is 1.52 bits per heavy atom. The Morgan fingerprint density at radius 3 is 2.43 bits per heavy atom. The maximum atomic E-state index is 12.6. The van der Waals surface area contributed by atoms with Crippen LogP contribution in [0.5, 0.6) is 0 Å². The molecule has 9 nitrogen and oxygen atoms in total. The van der Waals surface area contributed by atoms with Crippen LogP contribution < -0.4 is 5.14 Å². The van der Waals surface area contributed by atoms with E-state index in [1.165, 1.54) is 6.08 Å². The Morgan fingerprint density at radius 2 is 2.04 bits per heavy atom. The molecule has 0 aliphatic carbocycles. The van der Waals surface area contributed by atoms with Crippen molar-refractivity contribution in [2.24, 2.45) is 12.2 Å². The van der Waals surface area contributed by atoms with Gasteiger partial charge in [-0.2, -0.15) is 0 Å². The molecule has 0 saturated carbocycles. The summed E-state index contributed by atoms with van der Waals surface area (Å²) < 4.78 is 49.7. The Kier molecular flexibility index (Phi) is 7.51. The van der Waals surface area contributed by atoms with Crippen molar-refractivity contribution in [3.8, 4) is 0 Å². The second kappa shape index (κ2) is 8.66. The van der Waals surface area contributed by atoms with Crippen molar-refractivity contribution >= 4 is 21.1 Å². The number of imidazole rings is 1. The second-order valence-corrected chi connectivity index (χ2v) is 7.33. The highest BCUT2D eigenvalue weighted by atomic mass is 32.2. The fraction of sp³-hybridized carbons (Fsp3) is 0.583. The van der Waals surface area contributed by atoms with E-state index in [0.29, 0.717) is 32.1 Å². The van der Waals surface area contributed by atoms with Crippen LogP contribution in [0, 0.1) is 6.92 Å². The van der Waals surface area contributed by atoms with Crippen molar-refractivity contribution in [2.75, 3.05) is 26.3 Å². The maximum Gasteiger partial charge on any atom is 0.216 e. The molecule has 1 aliphatic rings. The second-order valence-electron chi connectivity index (χ2n) is 4.82. The number of aryl methyl sites for hydroxylation is 2. The van der Waals surface area contributed by atoms with E-state index in [0.717, 1.165) is 0 Å². The highest BCUT2D eigenvalue weighted by molar-refractivity contribution is 7.92. The molecule has 1 fully saturated rings. The van der Waals surface area contributed by atoms with Crippen molar-refractivity contribution < 1.29 is 21.9 Å². The molecule has 1 saturated heterocycles. The number of rotatable bonds is 4. The monoisotopic (exact) mass is 365 g/mol. The minimum absolute atomic E-state index is 0.101. The Hall–Kier alpha value is -1.11. The zero-order chi connectivity index (χ0) is 17.6. The van der Waals surface area contributed by atoms with E-state index in [-0.39, 0.29) is 5.03 Å². The Labute approximate surface area is 138 Å². The number of hydrogen-bond donors (Lipinski definition) is 1. The molecule has 1 aromatic heterocycles. The van der Waals surface area contributed by atoms with Gasteiger partial charge in [0.15, 0.2) is 5.03 Å². The zero-order valence-corrected chi connectivity index (χ0v) is 14.7. The molecule has 1 aromatic rings. The minimum atomic E-state index is -3.53. The number of aromatic nitrogens is 2. The van der Waals surface area contributed by atoms with Crippen molar-refractivity contribution in [3.63, 3.8) is 0 Å². The molecule has 2 unspecified atom stereocenters. The molecule has 0 radical (unpaired) electrons. The van der Waals surface area contributed by atoms with Crippen LogP contribution in [-0.2, 0) is 32.9 Å². The van der Waals surface area contributed by atoms with Gasteiger partial charge in [-0.05, 0) is 6.92 Å². The normalized spacial score (nSPS) is 18.6. The molecule has 2 atom stereocenters. The van der Waals surface area contributed by atoms with Crippen LogP contribution in [0.15, 0.2) is 23.9 Å². The summed E-state index contributed by atoms with van der Waals surface area (Å²) in [6.07, 6.45) is 3.01. The van der Waals surface area contributed by atoms with Crippen molar-refractivity contribution in [2.45, 2.75) is 17.3 Å². The molecule has 0 spiro atoms. The van der Waals surface area contributed by atoms with E-state index in [9.17, 15) is 8.42 Å². The average molecular weight is 365 g/mol. The maximum absolute atomic E-state index is 12.6. The third-order valence-electron chi connectivity index (χ3n) is 3.30. The first-order valence-corrected chi connectivity index (χ1v) is 9.40. The van der Waals surface area contributed by atoms with Crippen molar-refractivity contribution in [1.82, 2.24) is 14.5 Å². The number of sulfone groups is 1. The quantitative estimate of drug-likeness (QED) is 0.539. The number of hydrogen-bond acceptors (Lipinski definition) is 7. The summed E-state index contributed by atoms with van der Waals surface area (Å²) in [7, 11) is -1.76. The molecule has 0 bridgehead atoms. The first kappa shape index (κ1) is 19.9. The van der Waals surface area contributed by atoms with Gasteiger partial charge in [-0.1, -0.05) is 6.08 Å². The van der Waals surface area contributed by atoms with Gasteiger partial charge in [-0.3, -0.25) is 14.2 Å². The van der Waals surface area contributed by atoms with Gasteiger partial charge in [-0.15, -0.1) is 6.58 Å². The van der Waals surface area contributed by atoms with E-state index >= 15 is 0 Å². The smallest absolute Gasteiger partial charge is 0.216 e. The third kappa shape index (κ3) is 5.48. The molecular formula is C12H21N4O5S2-. The molecule has 132 valence electrons. The fourth-order valence-electron chi connectivity index (χ4n) is 2.09. The lowest BCUT2D eigenvalue weighted by Gasteiger charge is -2.31. The third-order valence-corrected chi connectivity index (χ3v) is 5.21. The van der Waals surface area contributed by atoms with E-state index in [2.05, 4.69) is 16.7 Å². The molecule has 23 heavy (non-hydrogen) atoms. The van der Waals surface area contributed by atoms with E-state index in [1.54, 1.807) is 24.7 Å². The molecule has 2 N–H and O–H groups in total. The topological polar surface area (TPSA) is 131 Å². The van der Waals surface area contributed by atoms with Crippen LogP contribution >= 0.6 is 0 Å². The number of nitrogens with two attached hydrogens (primary N) is 1. The molecule has 1 aliphatic heterocycles. The van der Waals surface area contributed by atoms with Gasteiger partial charge >= 0.3 is 0 Å². The van der Waals surface area contributed by atoms with Gasteiger partial charge in [0.2, 0.25) is 9.84 Å². The van der Waals surface area contributed by atoms with Gasteiger partial charge in [0.1, 0.15) is 11.2 Å². The predicted octanol–water partition coefficient (Wildman–Crippen LogP) is -0.914. The Balaban J connectivity index is 0.000000593. The van der Waals surface area contributed by atoms with Crippen molar-refractivity contribution in [1.29, 1.82) is 0 Å². The van der Waals surface area contributed by atoms with Crippen molar-refractivity contribution in [3.05, 3.63) is 24.7 Å². The first-order chi connectivity index (χ1) is 10.7. The first-order valence-electron chi connectivity index (χ1n) is 6.72. The molecular weight excluding hydrogens is 344 g/mol. The standard InChI is InChI=1S/C12H19N3O3S.H3NO2S/c1-4-12(15-5-7-18-8-6-15)19(16,17)11-9-14(3)10(2)13-11;1-4(2)3/h4,9,12H,1,5-8H2,2-3H3;1H2,(H,2,3)/p-1. The van der Waals surface area contributed by atoms with Crippen LogP contribution in [0.25, 0.3) is 0 Å². The largest absolute Gasteiger partial charge is 0.760 e. The molecule has 11 heteroatoms. The van der Waals surface area contributed by atoms with Crippen LogP contribution in [0.3, 0.4) is 0 Å². The lowest BCUT2D eigenvalue weighted by molar-refractivity contribution is 0.0374. The molecule has 0 aromatic carbocycles. The summed E-state index contributed by atoms with van der Waals surface area (Å²) in [5, 5.41) is 3.38. The number of nitrogens with zero attached hydrogens (tertiary/aromatic N) is 3. The summed E-state index contributed by atoms with van der Waals surface area (Å²) >= 11 is -2.36.